The molecule has 0 aliphatic heterocycles. The Morgan fingerprint density at radius 3 is 2.31 bits per heavy atom. The van der Waals surface area contributed by atoms with E-state index in [9.17, 15) is 4.79 Å². The summed E-state index contributed by atoms with van der Waals surface area (Å²) in [7, 11) is 0. The molecule has 0 atom stereocenters. The van der Waals surface area contributed by atoms with E-state index >= 15 is 0 Å². The van der Waals surface area contributed by atoms with Crippen molar-refractivity contribution in [3.8, 4) is 16.8 Å². The van der Waals surface area contributed by atoms with Crippen LogP contribution in [0.2, 0.25) is 0 Å². The molecule has 1 heterocycles. The maximum Gasteiger partial charge on any atom is 0.274 e. The summed E-state index contributed by atoms with van der Waals surface area (Å²) in [6, 6.07) is 18.3. The molecule has 3 aromatic rings. The number of hydrogen-bond donors (Lipinski definition) is 2. The normalized spacial score (nSPS) is 15.0. The SMILES string of the molecule is Cc1c(C(=O)NC2(CN)CCCC2)nnn1-c1ccc(-c2ccccc2)cc1.Cl. The van der Waals surface area contributed by atoms with E-state index < -0.39 is 0 Å². The fourth-order valence-electron chi connectivity index (χ4n) is 3.94. The van der Waals surface area contributed by atoms with Gasteiger partial charge in [0, 0.05) is 6.54 Å². The lowest BCUT2D eigenvalue weighted by atomic mass is 9.97. The predicted molar refractivity (Wildman–Crippen MR) is 116 cm³/mol. The quantitative estimate of drug-likeness (QED) is 0.670. The number of rotatable bonds is 5. The Morgan fingerprint density at radius 2 is 1.69 bits per heavy atom. The molecule has 2 aromatic carbocycles. The fourth-order valence-corrected chi connectivity index (χ4v) is 3.94. The number of nitrogens with two attached hydrogens (primary N) is 1. The third-order valence-electron chi connectivity index (χ3n) is 5.66. The molecule has 4 rings (SSSR count). The molecule has 1 aliphatic rings. The lowest BCUT2D eigenvalue weighted by Gasteiger charge is -2.28. The molecule has 6 nitrogen and oxygen atoms in total. The first-order valence-electron chi connectivity index (χ1n) is 9.73. The molecular formula is C22H26ClN5O. The average Bonchev–Trinajstić information content (AvgIpc) is 3.36. The number of carbonyl (C=O) groups excluding carboxylic acids is 1. The Morgan fingerprint density at radius 1 is 1.07 bits per heavy atom. The van der Waals surface area contributed by atoms with Crippen molar-refractivity contribution in [1.82, 2.24) is 20.3 Å². The third-order valence-corrected chi connectivity index (χ3v) is 5.66. The zero-order valence-electron chi connectivity index (χ0n) is 16.5. The van der Waals surface area contributed by atoms with Crippen LogP contribution in [-0.2, 0) is 0 Å². The molecule has 0 unspecified atom stereocenters. The maximum absolute atomic E-state index is 12.8. The van der Waals surface area contributed by atoms with Gasteiger partial charge in [-0.25, -0.2) is 4.68 Å². The summed E-state index contributed by atoms with van der Waals surface area (Å²) in [4.78, 5) is 12.8. The Bertz CT molecular complexity index is 963. The predicted octanol–water partition coefficient (Wildman–Crippen LogP) is 3.67. The molecule has 1 saturated carbocycles. The summed E-state index contributed by atoms with van der Waals surface area (Å²) in [6.07, 6.45) is 4.03. The molecule has 1 fully saturated rings. The molecular weight excluding hydrogens is 386 g/mol. The van der Waals surface area contributed by atoms with E-state index in [4.69, 9.17) is 5.73 Å². The molecule has 1 amide bonds. The van der Waals surface area contributed by atoms with E-state index in [1.54, 1.807) is 4.68 Å². The first kappa shape index (κ1) is 21.0. The average molecular weight is 412 g/mol. The monoisotopic (exact) mass is 411 g/mol. The van der Waals surface area contributed by atoms with Crippen molar-refractivity contribution >= 4 is 18.3 Å². The van der Waals surface area contributed by atoms with Gasteiger partial charge in [-0.2, -0.15) is 0 Å². The standard InChI is InChI=1S/C22H25N5O.ClH/c1-16-20(21(28)24-22(15-23)13-5-6-14-22)25-26-27(16)19-11-9-18(10-12-19)17-7-3-2-4-8-17;/h2-4,7-12H,5-6,13-15,23H2,1H3,(H,24,28);1H. The lowest BCUT2D eigenvalue weighted by molar-refractivity contribution is 0.0897. The molecule has 152 valence electrons. The van der Waals surface area contributed by atoms with Crippen molar-refractivity contribution in [2.45, 2.75) is 38.1 Å². The van der Waals surface area contributed by atoms with Crippen molar-refractivity contribution in [2.75, 3.05) is 6.54 Å². The molecule has 7 heteroatoms. The van der Waals surface area contributed by atoms with Gasteiger partial charge in [-0.3, -0.25) is 4.79 Å². The molecule has 3 N–H and O–H groups in total. The molecule has 1 aliphatic carbocycles. The second-order valence-corrected chi connectivity index (χ2v) is 7.49. The van der Waals surface area contributed by atoms with Gasteiger partial charge < -0.3 is 11.1 Å². The maximum atomic E-state index is 12.8. The summed E-state index contributed by atoms with van der Waals surface area (Å²) in [5, 5.41) is 11.5. The Balaban J connectivity index is 0.00000240. The van der Waals surface area contributed by atoms with Crippen LogP contribution in [0.3, 0.4) is 0 Å². The van der Waals surface area contributed by atoms with Crippen LogP contribution in [0.5, 0.6) is 0 Å². The number of aromatic nitrogens is 3. The molecule has 1 aromatic heterocycles. The van der Waals surface area contributed by atoms with Crippen molar-refractivity contribution < 1.29 is 4.79 Å². The van der Waals surface area contributed by atoms with Crippen molar-refractivity contribution in [3.63, 3.8) is 0 Å². The molecule has 0 bridgehead atoms. The number of halogens is 1. The van der Waals surface area contributed by atoms with Crippen molar-refractivity contribution in [3.05, 3.63) is 66.0 Å². The van der Waals surface area contributed by atoms with Gasteiger partial charge in [-0.05, 0) is 43.0 Å². The summed E-state index contributed by atoms with van der Waals surface area (Å²) in [5.74, 6) is -0.197. The molecule has 0 saturated heterocycles. The van der Waals surface area contributed by atoms with Crippen LogP contribution >= 0.6 is 12.4 Å². The number of hydrogen-bond acceptors (Lipinski definition) is 4. The van der Waals surface area contributed by atoms with E-state index in [0.29, 0.717) is 12.2 Å². The second kappa shape index (κ2) is 8.76. The van der Waals surface area contributed by atoms with Crippen LogP contribution in [0.4, 0.5) is 0 Å². The lowest BCUT2D eigenvalue weighted by Crippen LogP contribution is -2.51. The van der Waals surface area contributed by atoms with Crippen LogP contribution in [0.15, 0.2) is 54.6 Å². The Hall–Kier alpha value is -2.70. The third kappa shape index (κ3) is 4.18. The zero-order chi connectivity index (χ0) is 19.6. The van der Waals surface area contributed by atoms with Crippen molar-refractivity contribution in [1.29, 1.82) is 0 Å². The summed E-state index contributed by atoms with van der Waals surface area (Å²) in [5.41, 5.74) is 9.87. The van der Waals surface area contributed by atoms with Gasteiger partial charge >= 0.3 is 0 Å². The smallest absolute Gasteiger partial charge is 0.274 e. The van der Waals surface area contributed by atoms with Gasteiger partial charge in [0.1, 0.15) is 0 Å². The van der Waals surface area contributed by atoms with Crippen LogP contribution in [0.1, 0.15) is 41.9 Å². The largest absolute Gasteiger partial charge is 0.344 e. The molecule has 0 radical (unpaired) electrons. The van der Waals surface area contributed by atoms with E-state index in [-0.39, 0.29) is 23.9 Å². The number of carbonyl (C=O) groups is 1. The van der Waals surface area contributed by atoms with E-state index in [2.05, 4.69) is 27.8 Å². The zero-order valence-corrected chi connectivity index (χ0v) is 17.3. The van der Waals surface area contributed by atoms with E-state index in [1.807, 2.05) is 49.4 Å². The van der Waals surface area contributed by atoms with Gasteiger partial charge in [0.2, 0.25) is 0 Å². The summed E-state index contributed by atoms with van der Waals surface area (Å²) >= 11 is 0. The number of nitrogens with one attached hydrogen (secondary N) is 1. The Kier molecular flexibility index (Phi) is 6.35. The van der Waals surface area contributed by atoms with Crippen LogP contribution < -0.4 is 11.1 Å². The minimum Gasteiger partial charge on any atom is -0.344 e. The van der Waals surface area contributed by atoms with Gasteiger partial charge in [0.25, 0.3) is 5.91 Å². The highest BCUT2D eigenvalue weighted by molar-refractivity contribution is 5.93. The van der Waals surface area contributed by atoms with Gasteiger partial charge in [-0.15, -0.1) is 17.5 Å². The fraction of sp³-hybridized carbons (Fsp3) is 0.318. The minimum absolute atomic E-state index is 0. The van der Waals surface area contributed by atoms with Crippen LogP contribution in [-0.4, -0.2) is 33.0 Å². The highest BCUT2D eigenvalue weighted by Crippen LogP contribution is 2.29. The topological polar surface area (TPSA) is 85.8 Å². The van der Waals surface area contributed by atoms with Crippen LogP contribution in [0, 0.1) is 6.92 Å². The summed E-state index contributed by atoms with van der Waals surface area (Å²) < 4.78 is 1.70. The first-order valence-corrected chi connectivity index (χ1v) is 9.73. The highest BCUT2D eigenvalue weighted by atomic mass is 35.5. The minimum atomic E-state index is -0.301. The first-order chi connectivity index (χ1) is 13.6. The Labute approximate surface area is 176 Å². The molecule has 0 spiro atoms. The van der Waals surface area contributed by atoms with Gasteiger partial charge in [0.15, 0.2) is 5.69 Å². The van der Waals surface area contributed by atoms with Gasteiger partial charge in [0.05, 0.1) is 16.9 Å². The van der Waals surface area contributed by atoms with Gasteiger partial charge in [-0.1, -0.05) is 60.5 Å². The number of amides is 1. The van der Waals surface area contributed by atoms with Crippen LogP contribution in [0.25, 0.3) is 16.8 Å². The van der Waals surface area contributed by atoms with E-state index in [0.717, 1.165) is 48.2 Å². The number of nitrogens with zero attached hydrogens (tertiary/aromatic N) is 3. The highest BCUT2D eigenvalue weighted by Gasteiger charge is 2.35. The second-order valence-electron chi connectivity index (χ2n) is 7.49. The van der Waals surface area contributed by atoms with Crippen molar-refractivity contribution in [2.24, 2.45) is 5.73 Å². The molecule has 29 heavy (non-hydrogen) atoms. The summed E-state index contributed by atoms with van der Waals surface area (Å²) in [6.45, 7) is 2.32. The number of benzene rings is 2. The van der Waals surface area contributed by atoms with E-state index in [1.165, 1.54) is 0 Å².